The predicted octanol–water partition coefficient (Wildman–Crippen LogP) is 3.15. The second-order valence-electron chi connectivity index (χ2n) is 4.95. The van der Waals surface area contributed by atoms with E-state index >= 15 is 0 Å². The van der Waals surface area contributed by atoms with Gasteiger partial charge in [-0.1, -0.05) is 30.7 Å². The molecule has 2 rings (SSSR count). The third-order valence-electron chi connectivity index (χ3n) is 3.45. The Morgan fingerprint density at radius 3 is 2.85 bits per heavy atom. The van der Waals surface area contributed by atoms with Gasteiger partial charge in [-0.05, 0) is 37.6 Å². The Balaban J connectivity index is 2.19. The number of rotatable bonds is 6. The lowest BCUT2D eigenvalue weighted by Crippen LogP contribution is -2.21. The van der Waals surface area contributed by atoms with Gasteiger partial charge in [0.25, 0.3) is 0 Å². The molecule has 5 heteroatoms. The minimum Gasteiger partial charge on any atom is -0.313 e. The Labute approximate surface area is 125 Å². The van der Waals surface area contributed by atoms with Crippen molar-refractivity contribution >= 4 is 11.6 Å². The van der Waals surface area contributed by atoms with Gasteiger partial charge in [0.05, 0.1) is 0 Å². The molecule has 0 spiro atoms. The van der Waals surface area contributed by atoms with Gasteiger partial charge in [-0.25, -0.2) is 4.98 Å². The van der Waals surface area contributed by atoms with E-state index in [1.54, 1.807) is 6.33 Å². The van der Waals surface area contributed by atoms with E-state index in [1.165, 1.54) is 5.56 Å². The normalized spacial score (nSPS) is 12.6. The minimum atomic E-state index is 0.214. The van der Waals surface area contributed by atoms with E-state index in [2.05, 4.69) is 34.5 Å². The Bertz CT molecular complexity index is 565. The lowest BCUT2D eigenvalue weighted by atomic mass is 10.0. The summed E-state index contributed by atoms with van der Waals surface area (Å²) in [4.78, 5) is 4.37. The summed E-state index contributed by atoms with van der Waals surface area (Å²) >= 11 is 6.09. The molecule has 0 fully saturated rings. The first-order valence-corrected chi connectivity index (χ1v) is 7.33. The van der Waals surface area contributed by atoms with Crippen LogP contribution < -0.4 is 5.32 Å². The van der Waals surface area contributed by atoms with Gasteiger partial charge in [-0.2, -0.15) is 5.10 Å². The molecule has 0 amide bonds. The van der Waals surface area contributed by atoms with Gasteiger partial charge in [0.2, 0.25) is 0 Å². The molecule has 0 bridgehead atoms. The van der Waals surface area contributed by atoms with Crippen molar-refractivity contribution in [1.82, 2.24) is 20.1 Å². The quantitative estimate of drug-likeness (QED) is 0.889. The highest BCUT2D eigenvalue weighted by Crippen LogP contribution is 2.22. The molecule has 1 atom stereocenters. The third-order valence-corrected chi connectivity index (χ3v) is 3.87. The monoisotopic (exact) mass is 292 g/mol. The van der Waals surface area contributed by atoms with Crippen LogP contribution in [0.1, 0.15) is 36.3 Å². The van der Waals surface area contributed by atoms with E-state index in [4.69, 9.17) is 11.6 Å². The van der Waals surface area contributed by atoms with Crippen LogP contribution in [0.15, 0.2) is 24.5 Å². The molecule has 0 aliphatic carbocycles. The maximum Gasteiger partial charge on any atom is 0.138 e. The molecule has 1 unspecified atom stereocenters. The maximum atomic E-state index is 6.09. The zero-order chi connectivity index (χ0) is 14.5. The molecular weight excluding hydrogens is 272 g/mol. The molecule has 1 aromatic carbocycles. The highest BCUT2D eigenvalue weighted by molar-refractivity contribution is 6.31. The Morgan fingerprint density at radius 2 is 2.20 bits per heavy atom. The van der Waals surface area contributed by atoms with Crippen LogP contribution in [0.3, 0.4) is 0 Å². The summed E-state index contributed by atoms with van der Waals surface area (Å²) in [6, 6.07) is 6.36. The van der Waals surface area contributed by atoms with Crippen LogP contribution in [0.5, 0.6) is 0 Å². The van der Waals surface area contributed by atoms with E-state index < -0.39 is 0 Å². The number of aromatic nitrogens is 3. The minimum absolute atomic E-state index is 0.214. The average Bonchev–Trinajstić information content (AvgIpc) is 2.87. The number of halogens is 1. The van der Waals surface area contributed by atoms with Crippen LogP contribution >= 0.6 is 11.6 Å². The summed E-state index contributed by atoms with van der Waals surface area (Å²) in [6.45, 7) is 5.08. The highest BCUT2D eigenvalue weighted by atomic mass is 35.5. The van der Waals surface area contributed by atoms with Gasteiger partial charge in [0.1, 0.15) is 12.2 Å². The van der Waals surface area contributed by atoms with E-state index in [0.29, 0.717) is 0 Å². The maximum absolute atomic E-state index is 6.09. The van der Waals surface area contributed by atoms with Crippen molar-refractivity contribution in [3.63, 3.8) is 0 Å². The lowest BCUT2D eigenvalue weighted by Gasteiger charge is -2.17. The fourth-order valence-electron chi connectivity index (χ4n) is 2.30. The average molecular weight is 293 g/mol. The first-order chi connectivity index (χ1) is 9.65. The molecule has 0 aliphatic rings. The first kappa shape index (κ1) is 15.0. The van der Waals surface area contributed by atoms with Gasteiger partial charge in [0, 0.05) is 24.0 Å². The molecular formula is C15H21ClN4. The molecule has 108 valence electrons. The molecule has 2 aromatic rings. The van der Waals surface area contributed by atoms with Crippen LogP contribution in [0.25, 0.3) is 0 Å². The highest BCUT2D eigenvalue weighted by Gasteiger charge is 2.14. The predicted molar refractivity (Wildman–Crippen MR) is 82.0 cm³/mol. The van der Waals surface area contributed by atoms with Crippen LogP contribution in [0.2, 0.25) is 5.02 Å². The van der Waals surface area contributed by atoms with Crippen LogP contribution in [0.4, 0.5) is 0 Å². The van der Waals surface area contributed by atoms with Crippen molar-refractivity contribution in [3.8, 4) is 0 Å². The summed E-state index contributed by atoms with van der Waals surface area (Å²) in [5.41, 5.74) is 2.32. The topological polar surface area (TPSA) is 42.7 Å². The molecule has 4 nitrogen and oxygen atoms in total. The van der Waals surface area contributed by atoms with Crippen molar-refractivity contribution in [2.75, 3.05) is 7.05 Å². The van der Waals surface area contributed by atoms with Crippen LogP contribution in [-0.2, 0) is 13.0 Å². The molecule has 0 saturated carbocycles. The standard InChI is InChI=1S/C15H21ClN4/c1-4-7-20-15(18-10-19-20)9-14(17-3)12-5-6-13(16)11(2)8-12/h5-6,8,10,14,17H,4,7,9H2,1-3H3. The van der Waals surface area contributed by atoms with Crippen molar-refractivity contribution in [2.45, 2.75) is 39.3 Å². The Hall–Kier alpha value is -1.39. The smallest absolute Gasteiger partial charge is 0.138 e. The number of hydrogen-bond donors (Lipinski definition) is 1. The van der Waals surface area contributed by atoms with E-state index in [0.717, 1.165) is 35.8 Å². The third kappa shape index (κ3) is 3.38. The number of hydrogen-bond acceptors (Lipinski definition) is 3. The molecule has 1 aromatic heterocycles. The fourth-order valence-corrected chi connectivity index (χ4v) is 2.42. The number of aryl methyl sites for hydroxylation is 2. The molecule has 20 heavy (non-hydrogen) atoms. The van der Waals surface area contributed by atoms with Gasteiger partial charge in [-0.3, -0.25) is 4.68 Å². The molecule has 0 radical (unpaired) electrons. The summed E-state index contributed by atoms with van der Waals surface area (Å²) in [6.07, 6.45) is 3.50. The SMILES string of the molecule is CCCn1ncnc1CC(NC)c1ccc(Cl)c(C)c1. The van der Waals surface area contributed by atoms with E-state index in [1.807, 2.05) is 24.7 Å². The zero-order valence-electron chi connectivity index (χ0n) is 12.2. The zero-order valence-corrected chi connectivity index (χ0v) is 13.0. The van der Waals surface area contributed by atoms with Gasteiger partial charge in [0.15, 0.2) is 0 Å². The van der Waals surface area contributed by atoms with Crippen molar-refractivity contribution in [3.05, 3.63) is 46.5 Å². The largest absolute Gasteiger partial charge is 0.313 e. The van der Waals surface area contributed by atoms with E-state index in [9.17, 15) is 0 Å². The van der Waals surface area contributed by atoms with Gasteiger partial charge in [-0.15, -0.1) is 0 Å². The first-order valence-electron chi connectivity index (χ1n) is 6.95. The summed E-state index contributed by atoms with van der Waals surface area (Å²) < 4.78 is 1.98. The Kier molecular flexibility index (Phi) is 5.15. The fraction of sp³-hybridized carbons (Fsp3) is 0.467. The summed E-state index contributed by atoms with van der Waals surface area (Å²) in [7, 11) is 1.97. The van der Waals surface area contributed by atoms with Gasteiger partial charge < -0.3 is 5.32 Å². The van der Waals surface area contributed by atoms with Gasteiger partial charge >= 0.3 is 0 Å². The molecule has 1 N–H and O–H groups in total. The lowest BCUT2D eigenvalue weighted by molar-refractivity contribution is 0.517. The summed E-state index contributed by atoms with van der Waals surface area (Å²) in [5.74, 6) is 1.01. The van der Waals surface area contributed by atoms with E-state index in [-0.39, 0.29) is 6.04 Å². The Morgan fingerprint density at radius 1 is 1.40 bits per heavy atom. The van der Waals surface area contributed by atoms with Crippen molar-refractivity contribution in [1.29, 1.82) is 0 Å². The molecule has 0 saturated heterocycles. The second-order valence-corrected chi connectivity index (χ2v) is 5.36. The number of nitrogens with one attached hydrogen (secondary N) is 1. The second kappa shape index (κ2) is 6.86. The number of benzene rings is 1. The number of nitrogens with zero attached hydrogens (tertiary/aromatic N) is 3. The summed E-state index contributed by atoms with van der Waals surface area (Å²) in [5, 5.41) is 8.43. The van der Waals surface area contributed by atoms with Crippen LogP contribution in [0, 0.1) is 6.92 Å². The van der Waals surface area contributed by atoms with Crippen LogP contribution in [-0.4, -0.2) is 21.8 Å². The van der Waals surface area contributed by atoms with Crippen molar-refractivity contribution < 1.29 is 0 Å². The molecule has 1 heterocycles. The number of likely N-dealkylation sites (N-methyl/N-ethyl adjacent to an activating group) is 1. The molecule has 0 aliphatic heterocycles. The van der Waals surface area contributed by atoms with Crippen molar-refractivity contribution in [2.24, 2.45) is 0 Å².